The van der Waals surface area contributed by atoms with Gasteiger partial charge in [0, 0.05) is 30.0 Å². The highest BCUT2D eigenvalue weighted by Gasteiger charge is 2.04. The van der Waals surface area contributed by atoms with Gasteiger partial charge in [0.15, 0.2) is 0 Å². The number of aryl methyl sites for hydroxylation is 1. The van der Waals surface area contributed by atoms with Crippen molar-refractivity contribution in [1.29, 1.82) is 0 Å². The molecule has 0 atom stereocenters. The molecule has 4 nitrogen and oxygen atoms in total. The number of rotatable bonds is 5. The highest BCUT2D eigenvalue weighted by Crippen LogP contribution is 2.16. The summed E-state index contributed by atoms with van der Waals surface area (Å²) in [5, 5.41) is 7.71. The minimum absolute atomic E-state index is 0.790. The van der Waals surface area contributed by atoms with Crippen LogP contribution in [-0.2, 0) is 13.1 Å². The molecule has 0 saturated heterocycles. The lowest BCUT2D eigenvalue weighted by Crippen LogP contribution is -2.03. The van der Waals surface area contributed by atoms with Crippen molar-refractivity contribution in [2.24, 2.45) is 0 Å². The minimum Gasteiger partial charge on any atom is -0.497 e. The number of nitrogens with zero attached hydrogens (tertiary/aromatic N) is 2. The smallest absolute Gasteiger partial charge is 0.119 e. The van der Waals surface area contributed by atoms with Crippen molar-refractivity contribution in [3.8, 4) is 5.75 Å². The second-order valence-electron chi connectivity index (χ2n) is 4.15. The molecule has 0 aliphatic heterocycles. The molecule has 1 aromatic heterocycles. The largest absolute Gasteiger partial charge is 0.497 e. The zero-order chi connectivity index (χ0) is 13.0. The standard InChI is InChI=1S/C14H19N3O/c1-4-17-11(2)12(10-16-17)9-15-13-5-7-14(18-3)8-6-13/h5-8,10,15H,4,9H2,1-3H3. The zero-order valence-electron chi connectivity index (χ0n) is 11.1. The van der Waals surface area contributed by atoms with Gasteiger partial charge >= 0.3 is 0 Å². The third-order valence-electron chi connectivity index (χ3n) is 3.08. The molecule has 18 heavy (non-hydrogen) atoms. The average molecular weight is 245 g/mol. The van der Waals surface area contributed by atoms with Crippen LogP contribution in [0.2, 0.25) is 0 Å². The second kappa shape index (κ2) is 5.58. The summed E-state index contributed by atoms with van der Waals surface area (Å²) in [6.45, 7) is 5.90. The van der Waals surface area contributed by atoms with Crippen LogP contribution in [0.5, 0.6) is 5.75 Å². The Morgan fingerprint density at radius 1 is 1.28 bits per heavy atom. The van der Waals surface area contributed by atoms with Crippen molar-refractivity contribution >= 4 is 5.69 Å². The van der Waals surface area contributed by atoms with Gasteiger partial charge in [-0.15, -0.1) is 0 Å². The highest BCUT2D eigenvalue weighted by atomic mass is 16.5. The topological polar surface area (TPSA) is 39.1 Å². The summed E-state index contributed by atoms with van der Waals surface area (Å²) in [5.74, 6) is 0.871. The van der Waals surface area contributed by atoms with Gasteiger partial charge in [-0.25, -0.2) is 0 Å². The summed E-state index contributed by atoms with van der Waals surface area (Å²) in [7, 11) is 1.67. The van der Waals surface area contributed by atoms with E-state index in [9.17, 15) is 0 Å². The Kier molecular flexibility index (Phi) is 3.87. The fourth-order valence-electron chi connectivity index (χ4n) is 1.88. The molecule has 0 amide bonds. The van der Waals surface area contributed by atoms with E-state index in [1.54, 1.807) is 7.11 Å². The molecule has 1 aromatic carbocycles. The van der Waals surface area contributed by atoms with E-state index in [0.717, 1.165) is 24.5 Å². The number of benzene rings is 1. The minimum atomic E-state index is 0.790. The van der Waals surface area contributed by atoms with Gasteiger partial charge < -0.3 is 10.1 Å². The molecular weight excluding hydrogens is 226 g/mol. The van der Waals surface area contributed by atoms with Gasteiger partial charge in [-0.2, -0.15) is 5.10 Å². The van der Waals surface area contributed by atoms with Gasteiger partial charge in [-0.3, -0.25) is 4.68 Å². The molecule has 0 radical (unpaired) electrons. The first-order valence-electron chi connectivity index (χ1n) is 6.13. The van der Waals surface area contributed by atoms with Crippen LogP contribution in [0, 0.1) is 6.92 Å². The third kappa shape index (κ3) is 2.64. The molecule has 1 N–H and O–H groups in total. The van der Waals surface area contributed by atoms with Crippen LogP contribution < -0.4 is 10.1 Å². The molecule has 0 unspecified atom stereocenters. The van der Waals surface area contributed by atoms with Crippen molar-refractivity contribution in [1.82, 2.24) is 9.78 Å². The molecule has 96 valence electrons. The molecule has 4 heteroatoms. The lowest BCUT2D eigenvalue weighted by Gasteiger charge is -2.07. The molecule has 0 bridgehead atoms. The average Bonchev–Trinajstić information content (AvgIpc) is 2.77. The first kappa shape index (κ1) is 12.5. The van der Waals surface area contributed by atoms with Crippen LogP contribution in [0.4, 0.5) is 5.69 Å². The third-order valence-corrected chi connectivity index (χ3v) is 3.08. The Bertz CT molecular complexity index is 502. The summed E-state index contributed by atoms with van der Waals surface area (Å²) in [5.41, 5.74) is 3.53. The van der Waals surface area contributed by atoms with Gasteiger partial charge in [0.2, 0.25) is 0 Å². The fraction of sp³-hybridized carbons (Fsp3) is 0.357. The van der Waals surface area contributed by atoms with E-state index in [-0.39, 0.29) is 0 Å². The normalized spacial score (nSPS) is 10.4. The van der Waals surface area contributed by atoms with Crippen molar-refractivity contribution < 1.29 is 4.74 Å². The van der Waals surface area contributed by atoms with E-state index >= 15 is 0 Å². The van der Waals surface area contributed by atoms with Crippen LogP contribution >= 0.6 is 0 Å². The van der Waals surface area contributed by atoms with E-state index < -0.39 is 0 Å². The summed E-state index contributed by atoms with van der Waals surface area (Å²) in [4.78, 5) is 0. The van der Waals surface area contributed by atoms with Crippen molar-refractivity contribution in [3.05, 3.63) is 41.7 Å². The van der Waals surface area contributed by atoms with E-state index in [4.69, 9.17) is 4.74 Å². The summed E-state index contributed by atoms with van der Waals surface area (Å²) in [6, 6.07) is 7.92. The van der Waals surface area contributed by atoms with Gasteiger partial charge in [0.25, 0.3) is 0 Å². The lowest BCUT2D eigenvalue weighted by molar-refractivity contribution is 0.415. The maximum absolute atomic E-state index is 5.13. The Morgan fingerprint density at radius 3 is 2.56 bits per heavy atom. The number of anilines is 1. The number of hydrogen-bond acceptors (Lipinski definition) is 3. The van der Waals surface area contributed by atoms with E-state index in [1.807, 2.05) is 35.1 Å². The number of methoxy groups -OCH3 is 1. The zero-order valence-corrected chi connectivity index (χ0v) is 11.1. The first-order valence-corrected chi connectivity index (χ1v) is 6.13. The van der Waals surface area contributed by atoms with Crippen molar-refractivity contribution in [2.75, 3.05) is 12.4 Å². The Hall–Kier alpha value is -1.97. The van der Waals surface area contributed by atoms with E-state index in [2.05, 4.69) is 24.3 Å². The van der Waals surface area contributed by atoms with Crippen LogP contribution in [0.1, 0.15) is 18.2 Å². The quantitative estimate of drug-likeness (QED) is 0.880. The van der Waals surface area contributed by atoms with Crippen molar-refractivity contribution in [3.63, 3.8) is 0 Å². The molecule has 2 aromatic rings. The molecule has 0 aliphatic carbocycles. The molecule has 2 rings (SSSR count). The van der Waals surface area contributed by atoms with E-state index in [0.29, 0.717) is 0 Å². The number of aromatic nitrogens is 2. The lowest BCUT2D eigenvalue weighted by atomic mass is 10.2. The first-order chi connectivity index (χ1) is 8.74. The van der Waals surface area contributed by atoms with Crippen molar-refractivity contribution in [2.45, 2.75) is 26.9 Å². The highest BCUT2D eigenvalue weighted by molar-refractivity contribution is 5.46. The molecule has 0 aliphatic rings. The monoisotopic (exact) mass is 245 g/mol. The SMILES string of the molecule is CCn1ncc(CNc2ccc(OC)cc2)c1C. The Balaban J connectivity index is 1.99. The van der Waals surface area contributed by atoms with E-state index in [1.165, 1.54) is 11.3 Å². The number of nitrogens with one attached hydrogen (secondary N) is 1. The fourth-order valence-corrected chi connectivity index (χ4v) is 1.88. The summed E-state index contributed by atoms with van der Waals surface area (Å²) >= 11 is 0. The molecule has 1 heterocycles. The molecule has 0 saturated carbocycles. The number of hydrogen-bond donors (Lipinski definition) is 1. The van der Waals surface area contributed by atoms with Gasteiger partial charge in [-0.1, -0.05) is 0 Å². The Morgan fingerprint density at radius 2 is 2.00 bits per heavy atom. The van der Waals surface area contributed by atoms with Gasteiger partial charge in [0.1, 0.15) is 5.75 Å². The van der Waals surface area contributed by atoms with Gasteiger partial charge in [-0.05, 0) is 38.1 Å². The van der Waals surface area contributed by atoms with Crippen LogP contribution in [-0.4, -0.2) is 16.9 Å². The second-order valence-corrected chi connectivity index (χ2v) is 4.15. The van der Waals surface area contributed by atoms with Crippen LogP contribution in [0.15, 0.2) is 30.5 Å². The van der Waals surface area contributed by atoms with Crippen LogP contribution in [0.3, 0.4) is 0 Å². The predicted molar refractivity (Wildman–Crippen MR) is 73.0 cm³/mol. The molecule has 0 spiro atoms. The number of ether oxygens (including phenoxy) is 1. The molecular formula is C14H19N3O. The summed E-state index contributed by atoms with van der Waals surface area (Å²) < 4.78 is 7.13. The maximum Gasteiger partial charge on any atom is 0.119 e. The summed E-state index contributed by atoms with van der Waals surface area (Å²) in [6.07, 6.45) is 1.93. The molecule has 0 fully saturated rings. The maximum atomic E-state index is 5.13. The van der Waals surface area contributed by atoms with Crippen LogP contribution in [0.25, 0.3) is 0 Å². The van der Waals surface area contributed by atoms with Gasteiger partial charge in [0.05, 0.1) is 13.3 Å². The predicted octanol–water partition coefficient (Wildman–Crippen LogP) is 2.83. The Labute approximate surface area is 108 Å².